The van der Waals surface area contributed by atoms with Gasteiger partial charge in [-0.1, -0.05) is 89.5 Å². The Hall–Kier alpha value is -4.75. The third-order valence-electron chi connectivity index (χ3n) is 6.78. The van der Waals surface area contributed by atoms with Gasteiger partial charge in [0.25, 0.3) is 0 Å². The average Bonchev–Trinajstić information content (AvgIpc) is 3.01. The minimum absolute atomic E-state index is 0.0744. The first-order chi connectivity index (χ1) is 20.6. The van der Waals surface area contributed by atoms with Gasteiger partial charge in [0.15, 0.2) is 0 Å². The van der Waals surface area contributed by atoms with Crippen molar-refractivity contribution < 1.29 is 28.6 Å². The summed E-state index contributed by atoms with van der Waals surface area (Å²) in [7, 11) is 3.97. The van der Waals surface area contributed by atoms with E-state index in [1.165, 1.54) is 21.3 Å². The molecule has 0 atom stereocenters. The normalized spacial score (nSPS) is 12.2. The second-order valence-electron chi connectivity index (χ2n) is 10.4. The highest BCUT2D eigenvalue weighted by Crippen LogP contribution is 2.18. The van der Waals surface area contributed by atoms with Crippen LogP contribution in [0.15, 0.2) is 89.5 Å². The van der Waals surface area contributed by atoms with Crippen LogP contribution in [0.5, 0.6) is 0 Å². The van der Waals surface area contributed by atoms with E-state index in [9.17, 15) is 14.4 Å². The summed E-state index contributed by atoms with van der Waals surface area (Å²) in [5, 5.41) is 0. The lowest BCUT2D eigenvalue weighted by atomic mass is 10.0. The van der Waals surface area contributed by atoms with Gasteiger partial charge in [0.2, 0.25) is 0 Å². The van der Waals surface area contributed by atoms with E-state index in [2.05, 4.69) is 0 Å². The summed E-state index contributed by atoms with van der Waals surface area (Å²) in [6, 6.07) is 23.2. The van der Waals surface area contributed by atoms with Crippen molar-refractivity contribution in [1.82, 2.24) is 4.90 Å². The molecule has 0 fully saturated rings. The number of benzene rings is 3. The second-order valence-corrected chi connectivity index (χ2v) is 10.4. The maximum Gasteiger partial charge on any atom is 0.335 e. The van der Waals surface area contributed by atoms with Crippen LogP contribution in [0.1, 0.15) is 33.4 Å². The van der Waals surface area contributed by atoms with Crippen molar-refractivity contribution in [2.24, 2.45) is 0 Å². The van der Waals surface area contributed by atoms with Crippen LogP contribution in [-0.2, 0) is 28.6 Å². The van der Waals surface area contributed by atoms with Crippen LogP contribution in [0.4, 0.5) is 0 Å². The fourth-order valence-corrected chi connectivity index (χ4v) is 4.38. The van der Waals surface area contributed by atoms with Crippen molar-refractivity contribution in [3.8, 4) is 0 Å². The minimum atomic E-state index is -0.519. The Balaban J connectivity index is 2.10. The van der Waals surface area contributed by atoms with E-state index in [1.807, 2.05) is 98.5 Å². The molecule has 0 aliphatic rings. The molecule has 7 heteroatoms. The molecular weight excluding hydrogens is 542 g/mol. The molecule has 43 heavy (non-hydrogen) atoms. The van der Waals surface area contributed by atoms with Gasteiger partial charge in [0, 0.05) is 19.6 Å². The fraction of sp³-hybridized carbons (Fsp3) is 0.250. The second kappa shape index (κ2) is 16.0. The molecule has 0 spiro atoms. The summed E-state index contributed by atoms with van der Waals surface area (Å²) in [5.74, 6) is -1.56. The maximum atomic E-state index is 13.0. The van der Waals surface area contributed by atoms with E-state index in [0.29, 0.717) is 16.7 Å². The highest BCUT2D eigenvalue weighted by atomic mass is 16.5. The van der Waals surface area contributed by atoms with Crippen molar-refractivity contribution in [3.05, 3.63) is 123 Å². The molecule has 224 valence electrons. The average molecular weight is 582 g/mol. The minimum Gasteiger partial charge on any atom is -0.466 e. The van der Waals surface area contributed by atoms with Crippen molar-refractivity contribution in [2.75, 3.05) is 41.0 Å². The van der Waals surface area contributed by atoms with Crippen molar-refractivity contribution in [3.63, 3.8) is 0 Å². The largest absolute Gasteiger partial charge is 0.466 e. The molecule has 0 bridgehead atoms. The number of nitrogens with zero attached hydrogens (tertiary/aromatic N) is 1. The Morgan fingerprint density at radius 3 is 0.930 bits per heavy atom. The molecule has 0 heterocycles. The van der Waals surface area contributed by atoms with Crippen LogP contribution in [0.25, 0.3) is 18.2 Å². The molecule has 0 aromatic heterocycles. The number of aryl methyl sites for hydroxylation is 3. The molecule has 0 saturated heterocycles. The van der Waals surface area contributed by atoms with Gasteiger partial charge in [-0.2, -0.15) is 0 Å². The van der Waals surface area contributed by atoms with Crippen LogP contribution in [0.3, 0.4) is 0 Å². The Labute approximate surface area is 254 Å². The number of carbonyl (C=O) groups excluding carboxylic acids is 3. The van der Waals surface area contributed by atoms with Crippen LogP contribution in [0.2, 0.25) is 0 Å². The quantitative estimate of drug-likeness (QED) is 0.148. The van der Waals surface area contributed by atoms with E-state index in [4.69, 9.17) is 14.2 Å². The first-order valence-corrected chi connectivity index (χ1v) is 13.9. The van der Waals surface area contributed by atoms with Crippen molar-refractivity contribution >= 4 is 36.1 Å². The molecule has 0 unspecified atom stereocenters. The molecule has 3 aromatic rings. The van der Waals surface area contributed by atoms with Gasteiger partial charge < -0.3 is 14.2 Å². The highest BCUT2D eigenvalue weighted by Gasteiger charge is 2.23. The van der Waals surface area contributed by atoms with Crippen LogP contribution in [0, 0.1) is 20.8 Å². The zero-order valence-corrected chi connectivity index (χ0v) is 25.7. The standard InChI is InChI=1S/C36H39NO6/c1-25-7-13-28(14-8-25)19-31(34(38)41-4)22-37(23-32(35(39)42-5)20-29-15-9-26(2)10-16-29)24-33(36(40)43-6)21-30-17-11-27(3)12-18-30/h7-21H,22-24H2,1-6H3/b31-19+,32-20+,33-21+. The Morgan fingerprint density at radius 1 is 0.488 bits per heavy atom. The van der Waals surface area contributed by atoms with Crippen LogP contribution < -0.4 is 0 Å². The SMILES string of the molecule is COC(=O)/C(=C/c1ccc(C)cc1)CN(C/C(=C\c1ccc(C)cc1)C(=O)OC)C/C(=C\c1ccc(C)cc1)C(=O)OC. The van der Waals surface area contributed by atoms with E-state index in [1.54, 1.807) is 18.2 Å². The Bertz CT molecular complexity index is 1310. The van der Waals surface area contributed by atoms with Gasteiger partial charge in [-0.3, -0.25) is 4.90 Å². The number of hydrogen-bond donors (Lipinski definition) is 0. The van der Waals surface area contributed by atoms with Gasteiger partial charge in [0.05, 0.1) is 38.0 Å². The number of rotatable bonds is 12. The molecule has 0 aliphatic heterocycles. The smallest absolute Gasteiger partial charge is 0.335 e. The van der Waals surface area contributed by atoms with Gasteiger partial charge in [0.1, 0.15) is 0 Å². The van der Waals surface area contributed by atoms with Gasteiger partial charge in [-0.15, -0.1) is 0 Å². The summed E-state index contributed by atoms with van der Waals surface area (Å²) in [6.07, 6.45) is 5.25. The summed E-state index contributed by atoms with van der Waals surface area (Å²) >= 11 is 0. The molecule has 0 radical (unpaired) electrons. The first kappa shape index (κ1) is 32.8. The van der Waals surface area contributed by atoms with E-state index in [0.717, 1.165) is 33.4 Å². The molecule has 0 aliphatic carbocycles. The monoisotopic (exact) mass is 581 g/mol. The zero-order valence-electron chi connectivity index (χ0n) is 25.7. The van der Waals surface area contributed by atoms with Gasteiger partial charge in [-0.25, -0.2) is 14.4 Å². The van der Waals surface area contributed by atoms with Gasteiger partial charge in [-0.05, 0) is 55.7 Å². The molecule has 3 rings (SSSR count). The number of carbonyl (C=O) groups is 3. The lowest BCUT2D eigenvalue weighted by Crippen LogP contribution is -2.35. The molecular formula is C36H39NO6. The summed E-state index contributed by atoms with van der Waals surface area (Å²) in [4.78, 5) is 40.8. The van der Waals surface area contributed by atoms with Crippen LogP contribution in [-0.4, -0.2) is 63.8 Å². The Morgan fingerprint density at radius 2 is 0.721 bits per heavy atom. The molecule has 0 N–H and O–H groups in total. The van der Waals surface area contributed by atoms with Gasteiger partial charge >= 0.3 is 17.9 Å². The fourth-order valence-electron chi connectivity index (χ4n) is 4.38. The molecule has 0 saturated carbocycles. The summed E-state index contributed by atoms with van der Waals surface area (Å²) < 4.78 is 15.4. The lowest BCUT2D eigenvalue weighted by Gasteiger charge is -2.25. The summed E-state index contributed by atoms with van der Waals surface area (Å²) in [6.45, 7) is 6.18. The molecule has 3 aromatic carbocycles. The van der Waals surface area contributed by atoms with E-state index in [-0.39, 0.29) is 19.6 Å². The third kappa shape index (κ3) is 10.2. The van der Waals surface area contributed by atoms with E-state index >= 15 is 0 Å². The zero-order chi connectivity index (χ0) is 31.4. The molecule has 7 nitrogen and oxygen atoms in total. The lowest BCUT2D eigenvalue weighted by molar-refractivity contribution is -0.136. The van der Waals surface area contributed by atoms with E-state index < -0.39 is 17.9 Å². The Kier molecular flexibility index (Phi) is 12.2. The number of ether oxygens (including phenoxy) is 3. The number of methoxy groups -OCH3 is 3. The van der Waals surface area contributed by atoms with Crippen LogP contribution >= 0.6 is 0 Å². The maximum absolute atomic E-state index is 13.0. The molecule has 0 amide bonds. The topological polar surface area (TPSA) is 82.1 Å². The summed E-state index contributed by atoms with van der Waals surface area (Å²) in [5.41, 5.74) is 6.78. The number of hydrogen-bond acceptors (Lipinski definition) is 7. The predicted molar refractivity (Wildman–Crippen MR) is 170 cm³/mol. The van der Waals surface area contributed by atoms with Crippen molar-refractivity contribution in [1.29, 1.82) is 0 Å². The van der Waals surface area contributed by atoms with Crippen molar-refractivity contribution in [2.45, 2.75) is 20.8 Å². The highest BCUT2D eigenvalue weighted by molar-refractivity contribution is 5.96. The first-order valence-electron chi connectivity index (χ1n) is 13.9. The third-order valence-corrected chi connectivity index (χ3v) is 6.78. The number of esters is 3. The predicted octanol–water partition coefficient (Wildman–Crippen LogP) is 5.98.